The van der Waals surface area contributed by atoms with Crippen molar-refractivity contribution in [2.45, 2.75) is 0 Å². The summed E-state index contributed by atoms with van der Waals surface area (Å²) in [5.74, 6) is 0.244. The molecule has 0 saturated heterocycles. The van der Waals surface area contributed by atoms with Crippen molar-refractivity contribution in [3.8, 4) is 5.75 Å². The molecule has 0 aliphatic carbocycles. The molecule has 0 fully saturated rings. The van der Waals surface area contributed by atoms with E-state index in [1.807, 2.05) is 78.9 Å². The van der Waals surface area contributed by atoms with E-state index in [1.54, 1.807) is 6.07 Å². The van der Waals surface area contributed by atoms with Gasteiger partial charge in [-0.05, 0) is 34.4 Å². The van der Waals surface area contributed by atoms with E-state index in [1.165, 1.54) is 0 Å². The van der Waals surface area contributed by atoms with E-state index in [0.717, 1.165) is 21.5 Å². The van der Waals surface area contributed by atoms with Crippen LogP contribution in [0.4, 0.5) is 0 Å². The number of benzene rings is 4. The highest BCUT2D eigenvalue weighted by molar-refractivity contribution is 5.98. The third-order valence-corrected chi connectivity index (χ3v) is 3.94. The maximum absolute atomic E-state index is 12.5. The topological polar surface area (TPSA) is 26.3 Å². The molecule has 0 spiro atoms. The molecule has 0 aromatic heterocycles. The van der Waals surface area contributed by atoms with Gasteiger partial charge in [-0.3, -0.25) is 0 Å². The van der Waals surface area contributed by atoms with Gasteiger partial charge in [0.05, 0.1) is 5.56 Å². The highest BCUT2D eigenvalue weighted by atomic mass is 16.5. The Morgan fingerprint density at radius 1 is 0.652 bits per heavy atom. The normalized spacial score (nSPS) is 10.8. The molecule has 0 heterocycles. The van der Waals surface area contributed by atoms with E-state index in [0.29, 0.717) is 11.3 Å². The molecule has 4 rings (SSSR count). The van der Waals surface area contributed by atoms with Crippen molar-refractivity contribution >= 4 is 27.5 Å². The number of fused-ring (bicyclic) bond motifs is 2. The number of carbonyl (C=O) groups is 1. The molecule has 23 heavy (non-hydrogen) atoms. The van der Waals surface area contributed by atoms with E-state index < -0.39 is 0 Å². The van der Waals surface area contributed by atoms with Gasteiger partial charge in [-0.15, -0.1) is 0 Å². The van der Waals surface area contributed by atoms with Crippen molar-refractivity contribution in [2.24, 2.45) is 0 Å². The Kier molecular flexibility index (Phi) is 3.28. The zero-order valence-corrected chi connectivity index (χ0v) is 12.4. The quantitative estimate of drug-likeness (QED) is 0.375. The largest absolute Gasteiger partial charge is 0.422 e. The minimum Gasteiger partial charge on any atom is -0.422 e. The second kappa shape index (κ2) is 5.58. The van der Waals surface area contributed by atoms with E-state index in [-0.39, 0.29) is 5.97 Å². The lowest BCUT2D eigenvalue weighted by molar-refractivity contribution is 0.0737. The first-order valence-corrected chi connectivity index (χ1v) is 7.50. The third-order valence-electron chi connectivity index (χ3n) is 3.94. The Labute approximate surface area is 133 Å². The molecule has 2 nitrogen and oxygen atoms in total. The van der Waals surface area contributed by atoms with Crippen LogP contribution in [0.2, 0.25) is 0 Å². The first-order chi connectivity index (χ1) is 11.3. The van der Waals surface area contributed by atoms with Gasteiger partial charge in [0.1, 0.15) is 5.75 Å². The molecule has 0 amide bonds. The molecular weight excluding hydrogens is 284 g/mol. The van der Waals surface area contributed by atoms with Crippen LogP contribution in [0.15, 0.2) is 84.9 Å². The summed E-state index contributed by atoms with van der Waals surface area (Å²) in [6.45, 7) is 0. The number of carbonyl (C=O) groups excluding carboxylic acids is 1. The van der Waals surface area contributed by atoms with Crippen molar-refractivity contribution in [1.82, 2.24) is 0 Å². The van der Waals surface area contributed by atoms with Crippen LogP contribution in [0.3, 0.4) is 0 Å². The van der Waals surface area contributed by atoms with E-state index in [2.05, 4.69) is 0 Å². The Hall–Kier alpha value is -3.13. The van der Waals surface area contributed by atoms with E-state index in [9.17, 15) is 4.79 Å². The minimum atomic E-state index is -0.341. The first kappa shape index (κ1) is 13.5. The standard InChI is InChI=1S/C21H14O2/c22-21(18-13-12-15-6-1-2-8-17(15)14-18)23-20-11-5-9-16-7-3-4-10-19(16)20/h1-14H. The van der Waals surface area contributed by atoms with E-state index >= 15 is 0 Å². The molecule has 110 valence electrons. The highest BCUT2D eigenvalue weighted by Gasteiger charge is 2.11. The lowest BCUT2D eigenvalue weighted by Crippen LogP contribution is -2.08. The monoisotopic (exact) mass is 298 g/mol. The Bertz CT molecular complexity index is 1010. The van der Waals surface area contributed by atoms with Crippen molar-refractivity contribution in [1.29, 1.82) is 0 Å². The van der Waals surface area contributed by atoms with Crippen molar-refractivity contribution in [3.05, 3.63) is 90.5 Å². The van der Waals surface area contributed by atoms with Gasteiger partial charge in [-0.25, -0.2) is 4.79 Å². The Morgan fingerprint density at radius 2 is 1.35 bits per heavy atom. The van der Waals surface area contributed by atoms with E-state index in [4.69, 9.17) is 4.74 Å². The molecule has 0 aliphatic heterocycles. The van der Waals surface area contributed by atoms with Gasteiger partial charge in [0.15, 0.2) is 0 Å². The fourth-order valence-electron chi connectivity index (χ4n) is 2.76. The lowest BCUT2D eigenvalue weighted by atomic mass is 10.1. The van der Waals surface area contributed by atoms with Gasteiger partial charge in [0.2, 0.25) is 0 Å². The number of hydrogen-bond acceptors (Lipinski definition) is 2. The smallest absolute Gasteiger partial charge is 0.343 e. The summed E-state index contributed by atoms with van der Waals surface area (Å²) in [5.41, 5.74) is 0.552. The molecule has 4 aromatic rings. The van der Waals surface area contributed by atoms with Crippen LogP contribution in [0.25, 0.3) is 21.5 Å². The molecular formula is C21H14O2. The molecule has 0 bridgehead atoms. The summed E-state index contributed by atoms with van der Waals surface area (Å²) < 4.78 is 5.62. The fourth-order valence-corrected chi connectivity index (χ4v) is 2.76. The third kappa shape index (κ3) is 2.55. The Morgan fingerprint density at radius 3 is 2.22 bits per heavy atom. The van der Waals surface area contributed by atoms with Gasteiger partial charge in [0.25, 0.3) is 0 Å². The number of rotatable bonds is 2. The zero-order valence-electron chi connectivity index (χ0n) is 12.4. The number of esters is 1. The zero-order chi connectivity index (χ0) is 15.6. The van der Waals surface area contributed by atoms with Gasteiger partial charge in [-0.1, -0.05) is 66.7 Å². The van der Waals surface area contributed by atoms with Gasteiger partial charge in [-0.2, -0.15) is 0 Å². The van der Waals surface area contributed by atoms with Crippen LogP contribution in [-0.2, 0) is 0 Å². The van der Waals surface area contributed by atoms with Crippen LogP contribution in [-0.4, -0.2) is 5.97 Å². The maximum atomic E-state index is 12.5. The lowest BCUT2D eigenvalue weighted by Gasteiger charge is -2.08. The predicted octanol–water partition coefficient (Wildman–Crippen LogP) is 5.21. The molecule has 0 saturated carbocycles. The Balaban J connectivity index is 1.70. The summed E-state index contributed by atoms with van der Waals surface area (Å²) in [7, 11) is 0. The van der Waals surface area contributed by atoms with Crippen molar-refractivity contribution in [2.75, 3.05) is 0 Å². The van der Waals surface area contributed by atoms with Crippen molar-refractivity contribution in [3.63, 3.8) is 0 Å². The van der Waals surface area contributed by atoms with Crippen LogP contribution in [0, 0.1) is 0 Å². The number of ether oxygens (including phenoxy) is 1. The summed E-state index contributed by atoms with van der Waals surface area (Å²) in [5, 5.41) is 4.12. The van der Waals surface area contributed by atoms with Gasteiger partial charge in [0, 0.05) is 5.39 Å². The average Bonchev–Trinajstić information content (AvgIpc) is 2.61. The second-order valence-corrected chi connectivity index (χ2v) is 5.43. The van der Waals surface area contributed by atoms with Gasteiger partial charge < -0.3 is 4.74 Å². The summed E-state index contributed by atoms with van der Waals surface area (Å²) in [6.07, 6.45) is 0. The summed E-state index contributed by atoms with van der Waals surface area (Å²) >= 11 is 0. The molecule has 4 aromatic carbocycles. The maximum Gasteiger partial charge on any atom is 0.343 e. The molecule has 0 unspecified atom stereocenters. The fraction of sp³-hybridized carbons (Fsp3) is 0. The molecule has 0 N–H and O–H groups in total. The van der Waals surface area contributed by atoms with Crippen LogP contribution in [0.5, 0.6) is 5.75 Å². The second-order valence-electron chi connectivity index (χ2n) is 5.43. The van der Waals surface area contributed by atoms with Crippen LogP contribution < -0.4 is 4.74 Å². The molecule has 0 radical (unpaired) electrons. The molecule has 2 heteroatoms. The van der Waals surface area contributed by atoms with Gasteiger partial charge >= 0.3 is 5.97 Å². The average molecular weight is 298 g/mol. The van der Waals surface area contributed by atoms with Crippen molar-refractivity contribution < 1.29 is 9.53 Å². The first-order valence-electron chi connectivity index (χ1n) is 7.50. The van der Waals surface area contributed by atoms with Crippen LogP contribution >= 0.6 is 0 Å². The summed E-state index contributed by atoms with van der Waals surface area (Å²) in [6, 6.07) is 27.1. The summed E-state index contributed by atoms with van der Waals surface area (Å²) in [4.78, 5) is 12.5. The number of hydrogen-bond donors (Lipinski definition) is 0. The molecule has 0 aliphatic rings. The SMILES string of the molecule is O=C(Oc1cccc2ccccc12)c1ccc2ccccc2c1. The minimum absolute atomic E-state index is 0.341. The highest BCUT2D eigenvalue weighted by Crippen LogP contribution is 2.26. The predicted molar refractivity (Wildman–Crippen MR) is 92.9 cm³/mol. The van der Waals surface area contributed by atoms with Crippen LogP contribution in [0.1, 0.15) is 10.4 Å². The molecule has 0 atom stereocenters.